The van der Waals surface area contributed by atoms with Gasteiger partial charge in [0.1, 0.15) is 23.0 Å². The molecule has 9 atom stereocenters. The molecule has 82 heavy (non-hydrogen) atoms. The monoisotopic (exact) mass is 1160 g/mol. The second kappa shape index (κ2) is 40.2. The summed E-state index contributed by atoms with van der Waals surface area (Å²) >= 11 is 0. The van der Waals surface area contributed by atoms with Crippen molar-refractivity contribution < 1.29 is 52.7 Å². The molecule has 0 radical (unpaired) electrons. The zero-order chi connectivity index (χ0) is 63.0. The number of ether oxygens (including phenoxy) is 1. The molecule has 0 aliphatic carbocycles. The summed E-state index contributed by atoms with van der Waals surface area (Å²) in [6.45, 7) is 37.2. The van der Waals surface area contributed by atoms with E-state index in [1.54, 1.807) is 27.7 Å². The molecule has 0 spiro atoms. The van der Waals surface area contributed by atoms with E-state index in [0.717, 1.165) is 12.8 Å². The predicted octanol–water partition coefficient (Wildman–Crippen LogP) is 10.5. The molecule has 0 rings (SSSR count). The van der Waals surface area contributed by atoms with Gasteiger partial charge in [0.25, 0.3) is 0 Å². The van der Waals surface area contributed by atoms with Crippen molar-refractivity contribution in [2.75, 3.05) is 19.6 Å². The number of carbonyl (C=O) groups is 10. The van der Waals surface area contributed by atoms with Crippen molar-refractivity contribution in [2.24, 2.45) is 59.2 Å². The van der Waals surface area contributed by atoms with E-state index in [4.69, 9.17) is 4.74 Å². The summed E-state index contributed by atoms with van der Waals surface area (Å²) in [4.78, 5) is 131. The van der Waals surface area contributed by atoms with Crippen molar-refractivity contribution in [3.05, 3.63) is 0 Å². The number of ketones is 5. The molecule has 474 valence electrons. The molecule has 0 heterocycles. The van der Waals surface area contributed by atoms with Gasteiger partial charge in [-0.15, -0.1) is 0 Å². The van der Waals surface area contributed by atoms with Crippen LogP contribution in [0.15, 0.2) is 0 Å². The lowest BCUT2D eigenvalue weighted by molar-refractivity contribution is -0.133. The van der Waals surface area contributed by atoms with Gasteiger partial charge in [0.2, 0.25) is 5.91 Å². The second-order valence-corrected chi connectivity index (χ2v) is 27.0. The third kappa shape index (κ3) is 37.9. The summed E-state index contributed by atoms with van der Waals surface area (Å²) in [5, 5.41) is 23.3. The van der Waals surface area contributed by atoms with Crippen LogP contribution in [0.3, 0.4) is 0 Å². The Kier molecular flexibility index (Phi) is 37.7. The third-order valence-corrected chi connectivity index (χ3v) is 14.5. The number of rotatable bonds is 42. The number of hydrogen-bond acceptors (Lipinski definition) is 11. The first-order valence-electron chi connectivity index (χ1n) is 31.0. The molecule has 0 aromatic heterocycles. The Hall–Kier alpha value is -5.10. The van der Waals surface area contributed by atoms with E-state index in [0.29, 0.717) is 64.0 Å². The molecule has 0 bridgehead atoms. The van der Waals surface area contributed by atoms with Crippen molar-refractivity contribution in [3.8, 4) is 0 Å². The van der Waals surface area contributed by atoms with Gasteiger partial charge in [-0.05, 0) is 126 Å². The number of carbonyl (C=O) groups excluding carboxylic acids is 10. The Morgan fingerprint density at radius 2 is 0.939 bits per heavy atom. The Balaban J connectivity index is 5.25. The highest BCUT2D eigenvalue weighted by atomic mass is 16.6. The molecule has 0 aromatic rings. The highest BCUT2D eigenvalue weighted by molar-refractivity contribution is 5.94. The van der Waals surface area contributed by atoms with E-state index in [-0.39, 0.29) is 152 Å². The fraction of sp³-hybridized carbons (Fsp3) is 0.841. The fourth-order valence-corrected chi connectivity index (χ4v) is 9.75. The lowest BCUT2D eigenvalue weighted by Crippen LogP contribution is -2.48. The maximum absolute atomic E-state index is 13.9. The average molecular weight is 1160 g/mol. The predicted molar refractivity (Wildman–Crippen MR) is 326 cm³/mol. The van der Waals surface area contributed by atoms with Gasteiger partial charge in [-0.2, -0.15) is 0 Å². The van der Waals surface area contributed by atoms with Gasteiger partial charge in [0, 0.05) is 95.0 Å². The Morgan fingerprint density at radius 3 is 1.48 bits per heavy atom. The molecular formula is C63H116N8O11. The molecule has 0 aliphatic rings. The smallest absolute Gasteiger partial charge is 0.408 e. The summed E-state index contributed by atoms with van der Waals surface area (Å²) < 4.78 is 5.37. The van der Waals surface area contributed by atoms with Gasteiger partial charge in [-0.3, -0.25) is 28.8 Å². The summed E-state index contributed by atoms with van der Waals surface area (Å²) in [5.74, 6) is -1.02. The molecule has 0 fully saturated rings. The van der Waals surface area contributed by atoms with Crippen LogP contribution in [0.5, 0.6) is 0 Å². The fourth-order valence-electron chi connectivity index (χ4n) is 9.75. The molecule has 8 amide bonds. The topological polar surface area (TPSA) is 276 Å². The van der Waals surface area contributed by atoms with Crippen LogP contribution >= 0.6 is 0 Å². The number of amides is 8. The molecular weight excluding hydrogens is 1040 g/mol. The molecule has 0 unspecified atom stereocenters. The Bertz CT molecular complexity index is 1980. The first kappa shape index (κ1) is 76.9. The lowest BCUT2D eigenvalue weighted by Gasteiger charge is -2.27. The highest BCUT2D eigenvalue weighted by Gasteiger charge is 2.32. The normalized spacial score (nSPS) is 15.1. The quantitative estimate of drug-likeness (QED) is 0.0285. The van der Waals surface area contributed by atoms with Crippen LogP contribution in [0.4, 0.5) is 19.2 Å². The number of alkyl carbamates (subject to hydrolysis) is 1. The zero-order valence-corrected chi connectivity index (χ0v) is 54.4. The summed E-state index contributed by atoms with van der Waals surface area (Å²) in [7, 11) is 0. The third-order valence-electron chi connectivity index (χ3n) is 14.5. The van der Waals surface area contributed by atoms with Crippen LogP contribution in [0.2, 0.25) is 0 Å². The molecule has 8 N–H and O–H groups in total. The van der Waals surface area contributed by atoms with Crippen molar-refractivity contribution in [3.63, 3.8) is 0 Å². The van der Waals surface area contributed by atoms with E-state index >= 15 is 0 Å². The van der Waals surface area contributed by atoms with Crippen molar-refractivity contribution in [1.29, 1.82) is 0 Å². The second-order valence-electron chi connectivity index (χ2n) is 27.0. The van der Waals surface area contributed by atoms with E-state index in [2.05, 4.69) is 70.2 Å². The van der Waals surface area contributed by atoms with Gasteiger partial charge in [0.15, 0.2) is 11.6 Å². The van der Waals surface area contributed by atoms with Crippen LogP contribution in [0.25, 0.3) is 0 Å². The average Bonchev–Trinajstić information content (AvgIpc) is 3.38. The lowest BCUT2D eigenvalue weighted by atomic mass is 9.86. The minimum Gasteiger partial charge on any atom is -0.444 e. The number of hydrogen-bond donors (Lipinski definition) is 8. The van der Waals surface area contributed by atoms with E-state index in [1.807, 2.05) is 76.2 Å². The number of Topliss-reactive ketones (excluding diaryl/α,β-unsaturated/α-hetero) is 5. The van der Waals surface area contributed by atoms with Gasteiger partial charge in [0.05, 0.1) is 12.1 Å². The first-order valence-corrected chi connectivity index (χ1v) is 31.0. The number of nitrogens with one attached hydrogen (secondary N) is 8. The standard InChI is InChI=1S/C63H116N8O11/c1-20-50(72)24-22-49(28-39(4)5)68-60(79)64-35-44(14)31-51(73)25-26-53(43(12)13)70-61(80)65-36-47(27-38(2)3)33-52(74)23-21-46(16)67-59(78)66-37-48(42(10)11)34-57(76)54(29-40(6)7)69-58(77)45(15)32-56(75)55(30-41(8)9)71-62(81)82-63(17,18)19/h38-49,53-55H,20-37H2,1-19H3,(H,69,77)(H,71,81)(H2,64,68,79)(H2,65,70,80)(H2,66,67,78)/t44-,45-,46+,47-,48-,49-,53-,54+,55+/m1/s1. The first-order chi connectivity index (χ1) is 38.0. The Labute approximate surface area is 494 Å². The van der Waals surface area contributed by atoms with Crippen molar-refractivity contribution in [1.82, 2.24) is 42.5 Å². The molecule has 19 heteroatoms. The van der Waals surface area contributed by atoms with Gasteiger partial charge < -0.3 is 47.3 Å². The maximum Gasteiger partial charge on any atom is 0.408 e. The van der Waals surface area contributed by atoms with Gasteiger partial charge >= 0.3 is 24.2 Å². The van der Waals surface area contributed by atoms with Crippen molar-refractivity contribution in [2.45, 2.75) is 264 Å². The SMILES string of the molecule is CCC(=O)CC[C@H](CC(C)C)NC(=O)NC[C@H](C)CC(=O)CC[C@@H](NC(=O)NC[C@@H](CC(=O)CC[C@H](C)NC(=O)NC[C@@H](CC(=O)[C@H](CC(C)C)NC(=O)[C@H](C)CC(=O)[C@H](CC(C)C)NC(=O)OC(C)(C)C)C(C)C)CC(C)C)C(C)C. The summed E-state index contributed by atoms with van der Waals surface area (Å²) in [6, 6.07) is -3.43. The highest BCUT2D eigenvalue weighted by Crippen LogP contribution is 2.22. The molecule has 0 aliphatic heterocycles. The van der Waals surface area contributed by atoms with Crippen LogP contribution in [-0.2, 0) is 33.5 Å². The van der Waals surface area contributed by atoms with E-state index < -0.39 is 41.6 Å². The molecule has 19 nitrogen and oxygen atoms in total. The van der Waals surface area contributed by atoms with Crippen LogP contribution < -0.4 is 42.5 Å². The summed E-state index contributed by atoms with van der Waals surface area (Å²) in [5.41, 5.74) is -0.749. The largest absolute Gasteiger partial charge is 0.444 e. The molecule has 0 saturated carbocycles. The van der Waals surface area contributed by atoms with E-state index in [1.165, 1.54) is 0 Å². The molecule has 0 aromatic carbocycles. The van der Waals surface area contributed by atoms with Crippen molar-refractivity contribution >= 4 is 59.0 Å². The summed E-state index contributed by atoms with van der Waals surface area (Å²) in [6.07, 6.45) is 4.92. The van der Waals surface area contributed by atoms with Gasteiger partial charge in [-0.25, -0.2) is 19.2 Å². The Morgan fingerprint density at radius 1 is 0.451 bits per heavy atom. The minimum atomic E-state index is -0.835. The van der Waals surface area contributed by atoms with Crippen LogP contribution in [0.1, 0.15) is 228 Å². The van der Waals surface area contributed by atoms with E-state index in [9.17, 15) is 47.9 Å². The number of urea groups is 3. The van der Waals surface area contributed by atoms with Gasteiger partial charge in [-0.1, -0.05) is 104 Å². The minimum absolute atomic E-state index is 0.00947. The zero-order valence-electron chi connectivity index (χ0n) is 54.4. The van der Waals surface area contributed by atoms with Crippen LogP contribution in [0, 0.1) is 59.2 Å². The molecule has 0 saturated heterocycles. The maximum atomic E-state index is 13.9. The van der Waals surface area contributed by atoms with Crippen LogP contribution in [-0.4, -0.2) is 114 Å².